The van der Waals surface area contributed by atoms with Gasteiger partial charge in [-0.15, -0.1) is 0 Å². The van der Waals surface area contributed by atoms with Gasteiger partial charge in [-0.1, -0.05) is 13.0 Å². The van der Waals surface area contributed by atoms with E-state index >= 15 is 0 Å². The Hall–Kier alpha value is -2.17. The van der Waals surface area contributed by atoms with E-state index in [1.807, 2.05) is 13.0 Å². The van der Waals surface area contributed by atoms with Crippen LogP contribution >= 0.6 is 0 Å². The molecule has 2 rings (SSSR count). The Bertz CT molecular complexity index is 443. The number of urea groups is 1. The molecular weight excluding hydrogens is 220 g/mol. The number of hydrogen-bond donors (Lipinski definition) is 2. The van der Waals surface area contributed by atoms with Crippen LogP contribution in [0.25, 0.3) is 0 Å². The second-order valence-corrected chi connectivity index (χ2v) is 3.48. The Morgan fingerprint density at radius 3 is 3.06 bits per heavy atom. The first kappa shape index (κ1) is 11.3. The number of carbonyl (C=O) groups excluding carboxylic acids is 1. The molecule has 1 heterocycles. The third-order valence-electron chi connectivity index (χ3n) is 2.20. The van der Waals surface area contributed by atoms with Gasteiger partial charge in [0.2, 0.25) is 6.79 Å². The van der Waals surface area contributed by atoms with Gasteiger partial charge >= 0.3 is 6.03 Å². The van der Waals surface area contributed by atoms with Crippen LogP contribution in [0.15, 0.2) is 30.5 Å². The molecule has 1 aromatic rings. The largest absolute Gasteiger partial charge is 0.454 e. The Labute approximate surface area is 99.4 Å². The number of anilines is 1. The Morgan fingerprint density at radius 2 is 2.24 bits per heavy atom. The van der Waals surface area contributed by atoms with E-state index in [1.54, 1.807) is 24.4 Å². The molecule has 5 heteroatoms. The summed E-state index contributed by atoms with van der Waals surface area (Å²) in [6.45, 7) is 2.22. The van der Waals surface area contributed by atoms with E-state index in [4.69, 9.17) is 9.47 Å². The fraction of sp³-hybridized carbons (Fsp3) is 0.250. The zero-order valence-corrected chi connectivity index (χ0v) is 9.53. The molecule has 2 N–H and O–H groups in total. The normalized spacial score (nSPS) is 12.8. The summed E-state index contributed by atoms with van der Waals surface area (Å²) in [6, 6.07) is 4.97. The molecule has 0 aromatic heterocycles. The molecule has 0 aliphatic carbocycles. The summed E-state index contributed by atoms with van der Waals surface area (Å²) in [5.74, 6) is 1.34. The standard InChI is InChI=1S/C12H14N2O3/c1-2-3-6-13-12(15)14-9-4-5-10-11(7-9)17-8-16-10/h3-7H,2,8H2,1H3,(H2,13,14,15)/b6-3+. The van der Waals surface area contributed by atoms with E-state index in [0.29, 0.717) is 17.2 Å². The van der Waals surface area contributed by atoms with Crippen molar-refractivity contribution in [3.05, 3.63) is 30.5 Å². The summed E-state index contributed by atoms with van der Waals surface area (Å²) >= 11 is 0. The third-order valence-corrected chi connectivity index (χ3v) is 2.20. The highest BCUT2D eigenvalue weighted by atomic mass is 16.7. The number of fused-ring (bicyclic) bond motifs is 1. The van der Waals surface area contributed by atoms with Crippen molar-refractivity contribution in [2.45, 2.75) is 13.3 Å². The second kappa shape index (κ2) is 5.25. The highest BCUT2D eigenvalue weighted by molar-refractivity contribution is 5.90. The molecule has 0 bridgehead atoms. The number of amides is 2. The van der Waals surface area contributed by atoms with Crippen LogP contribution in [0.1, 0.15) is 13.3 Å². The average molecular weight is 234 g/mol. The molecule has 0 saturated carbocycles. The van der Waals surface area contributed by atoms with Crippen molar-refractivity contribution in [1.82, 2.24) is 5.32 Å². The summed E-state index contributed by atoms with van der Waals surface area (Å²) in [5, 5.41) is 5.29. The molecule has 5 nitrogen and oxygen atoms in total. The van der Waals surface area contributed by atoms with Gasteiger partial charge in [0.05, 0.1) is 0 Å². The van der Waals surface area contributed by atoms with E-state index in [1.165, 1.54) is 0 Å². The number of rotatable bonds is 3. The van der Waals surface area contributed by atoms with Crippen molar-refractivity contribution >= 4 is 11.7 Å². The maximum atomic E-state index is 11.4. The zero-order valence-electron chi connectivity index (χ0n) is 9.53. The van der Waals surface area contributed by atoms with Gasteiger partial charge < -0.3 is 20.1 Å². The Morgan fingerprint density at radius 1 is 1.41 bits per heavy atom. The van der Waals surface area contributed by atoms with Crippen LogP contribution in [0.3, 0.4) is 0 Å². The van der Waals surface area contributed by atoms with E-state index in [0.717, 1.165) is 6.42 Å². The number of nitrogens with one attached hydrogen (secondary N) is 2. The Kier molecular flexibility index (Phi) is 3.49. The first-order valence-corrected chi connectivity index (χ1v) is 5.42. The van der Waals surface area contributed by atoms with E-state index in [2.05, 4.69) is 10.6 Å². The summed E-state index contributed by atoms with van der Waals surface area (Å²) in [4.78, 5) is 11.4. The van der Waals surface area contributed by atoms with Gasteiger partial charge in [0.25, 0.3) is 0 Å². The van der Waals surface area contributed by atoms with Crippen molar-refractivity contribution in [3.63, 3.8) is 0 Å². The molecule has 90 valence electrons. The van der Waals surface area contributed by atoms with Gasteiger partial charge in [-0.3, -0.25) is 0 Å². The molecule has 0 radical (unpaired) electrons. The van der Waals surface area contributed by atoms with Crippen LogP contribution < -0.4 is 20.1 Å². The number of allylic oxidation sites excluding steroid dienone is 1. The van der Waals surface area contributed by atoms with Gasteiger partial charge in [0.15, 0.2) is 11.5 Å². The number of benzene rings is 1. The first-order valence-electron chi connectivity index (χ1n) is 5.42. The quantitative estimate of drug-likeness (QED) is 0.844. The monoisotopic (exact) mass is 234 g/mol. The van der Waals surface area contributed by atoms with Crippen LogP contribution in [0.4, 0.5) is 10.5 Å². The van der Waals surface area contributed by atoms with E-state index in [9.17, 15) is 4.79 Å². The van der Waals surface area contributed by atoms with Crippen molar-refractivity contribution in [2.24, 2.45) is 0 Å². The predicted octanol–water partition coefficient (Wildman–Crippen LogP) is 2.46. The van der Waals surface area contributed by atoms with Crippen LogP contribution in [-0.4, -0.2) is 12.8 Å². The van der Waals surface area contributed by atoms with Crippen molar-refractivity contribution in [3.8, 4) is 11.5 Å². The second-order valence-electron chi connectivity index (χ2n) is 3.48. The van der Waals surface area contributed by atoms with Gasteiger partial charge in [0, 0.05) is 18.0 Å². The predicted molar refractivity (Wildman–Crippen MR) is 64.2 cm³/mol. The molecular formula is C12H14N2O3. The van der Waals surface area contributed by atoms with E-state index in [-0.39, 0.29) is 12.8 Å². The van der Waals surface area contributed by atoms with Crippen LogP contribution in [0, 0.1) is 0 Å². The molecule has 0 spiro atoms. The zero-order chi connectivity index (χ0) is 12.1. The molecule has 2 amide bonds. The molecule has 1 aliphatic heterocycles. The minimum absolute atomic E-state index is 0.226. The molecule has 0 fully saturated rings. The van der Waals surface area contributed by atoms with Crippen molar-refractivity contribution < 1.29 is 14.3 Å². The molecule has 0 atom stereocenters. The number of ether oxygens (including phenoxy) is 2. The first-order chi connectivity index (χ1) is 8.29. The minimum atomic E-state index is -0.284. The highest BCUT2D eigenvalue weighted by Crippen LogP contribution is 2.34. The molecule has 1 aliphatic rings. The third kappa shape index (κ3) is 2.90. The maximum absolute atomic E-state index is 11.4. The lowest BCUT2D eigenvalue weighted by atomic mass is 10.3. The summed E-state index contributed by atoms with van der Waals surface area (Å²) in [7, 11) is 0. The highest BCUT2D eigenvalue weighted by Gasteiger charge is 2.13. The fourth-order valence-corrected chi connectivity index (χ4v) is 1.39. The summed E-state index contributed by atoms with van der Waals surface area (Å²) < 4.78 is 10.4. The number of hydrogen-bond acceptors (Lipinski definition) is 3. The van der Waals surface area contributed by atoms with Crippen LogP contribution in [0.2, 0.25) is 0 Å². The lowest BCUT2D eigenvalue weighted by molar-refractivity contribution is 0.174. The average Bonchev–Trinajstić information content (AvgIpc) is 2.76. The van der Waals surface area contributed by atoms with Gasteiger partial charge in [0.1, 0.15) is 0 Å². The van der Waals surface area contributed by atoms with E-state index < -0.39 is 0 Å². The lowest BCUT2D eigenvalue weighted by Crippen LogP contribution is -2.23. The Balaban J connectivity index is 1.95. The molecule has 0 saturated heterocycles. The smallest absolute Gasteiger partial charge is 0.323 e. The topological polar surface area (TPSA) is 59.6 Å². The molecule has 1 aromatic carbocycles. The summed E-state index contributed by atoms with van der Waals surface area (Å²) in [6.07, 6.45) is 4.35. The maximum Gasteiger partial charge on any atom is 0.323 e. The SMILES string of the molecule is CC/C=C/NC(=O)Nc1ccc2c(c1)OCO2. The van der Waals surface area contributed by atoms with Gasteiger partial charge in [-0.2, -0.15) is 0 Å². The lowest BCUT2D eigenvalue weighted by Gasteiger charge is -2.05. The number of carbonyl (C=O) groups is 1. The fourth-order valence-electron chi connectivity index (χ4n) is 1.39. The molecule has 0 unspecified atom stereocenters. The van der Waals surface area contributed by atoms with Crippen molar-refractivity contribution in [2.75, 3.05) is 12.1 Å². The molecule has 17 heavy (non-hydrogen) atoms. The van der Waals surface area contributed by atoms with Gasteiger partial charge in [-0.25, -0.2) is 4.79 Å². The van der Waals surface area contributed by atoms with Crippen molar-refractivity contribution in [1.29, 1.82) is 0 Å². The van der Waals surface area contributed by atoms with Crippen LogP contribution in [-0.2, 0) is 0 Å². The minimum Gasteiger partial charge on any atom is -0.454 e. The van der Waals surface area contributed by atoms with Gasteiger partial charge in [-0.05, 0) is 18.6 Å². The summed E-state index contributed by atoms with van der Waals surface area (Å²) in [5.41, 5.74) is 0.664. The van der Waals surface area contributed by atoms with Crippen LogP contribution in [0.5, 0.6) is 11.5 Å².